The van der Waals surface area contributed by atoms with Gasteiger partial charge < -0.3 is 9.30 Å². The summed E-state index contributed by atoms with van der Waals surface area (Å²) in [4.78, 5) is 2.34. The van der Waals surface area contributed by atoms with Crippen LogP contribution < -0.4 is 10.0 Å². The van der Waals surface area contributed by atoms with Gasteiger partial charge in [0, 0.05) is 36.2 Å². The molecule has 26 heavy (non-hydrogen) atoms. The molecule has 0 spiro atoms. The summed E-state index contributed by atoms with van der Waals surface area (Å²) in [5, 5.41) is 14.8. The average Bonchev–Trinajstić information content (AvgIpc) is 3.11. The third-order valence-corrected chi connectivity index (χ3v) is 5.86. The van der Waals surface area contributed by atoms with Gasteiger partial charge in [-0.3, -0.25) is 0 Å². The van der Waals surface area contributed by atoms with Crippen LogP contribution in [0.5, 0.6) is 0 Å². The first-order valence-electron chi connectivity index (χ1n) is 8.29. The maximum atomic E-state index is 11.6. The number of hydrogen-bond donors (Lipinski definition) is 1. The molecule has 3 aromatic rings. The van der Waals surface area contributed by atoms with E-state index in [9.17, 15) is 13.7 Å². The molecule has 0 radical (unpaired) electrons. The highest BCUT2D eigenvalue weighted by Crippen LogP contribution is 2.35. The molecule has 4 rings (SSSR count). The van der Waals surface area contributed by atoms with E-state index in [1.165, 1.54) is 0 Å². The van der Waals surface area contributed by atoms with Crippen LogP contribution in [0.2, 0.25) is 0 Å². The molecule has 0 unspecified atom stereocenters. The summed E-state index contributed by atoms with van der Waals surface area (Å²) in [5.41, 5.74) is 4.47. The highest BCUT2D eigenvalue weighted by Gasteiger charge is 2.28. The van der Waals surface area contributed by atoms with Crippen molar-refractivity contribution in [3.8, 4) is 6.07 Å². The molecule has 0 fully saturated rings. The Kier molecular flexibility index (Phi) is 3.75. The summed E-state index contributed by atoms with van der Waals surface area (Å²) in [7, 11) is -3.71. The molecule has 0 saturated carbocycles. The number of aromatic nitrogens is 1. The molecule has 0 bridgehead atoms. The van der Waals surface area contributed by atoms with Crippen molar-refractivity contribution in [2.75, 3.05) is 4.90 Å². The van der Waals surface area contributed by atoms with Crippen molar-refractivity contribution in [3.05, 3.63) is 65.5 Å². The van der Waals surface area contributed by atoms with E-state index in [0.29, 0.717) is 12.1 Å². The highest BCUT2D eigenvalue weighted by molar-refractivity contribution is 7.89. The zero-order chi connectivity index (χ0) is 18.5. The average molecular weight is 366 g/mol. The number of pyridine rings is 1. The molecule has 3 heterocycles. The molecular weight excluding hydrogens is 348 g/mol. The minimum atomic E-state index is -3.71. The normalized spacial score (nSPS) is 16.7. The first-order valence-corrected chi connectivity index (χ1v) is 9.84. The molecule has 0 aliphatic carbocycles. The molecule has 132 valence electrons. The van der Waals surface area contributed by atoms with Crippen molar-refractivity contribution >= 4 is 21.2 Å². The zero-order valence-corrected chi connectivity index (χ0v) is 15.1. The van der Waals surface area contributed by atoms with Crippen LogP contribution in [0.1, 0.15) is 23.6 Å². The van der Waals surface area contributed by atoms with Crippen LogP contribution in [0.25, 0.3) is 5.52 Å². The van der Waals surface area contributed by atoms with Gasteiger partial charge in [-0.15, -0.1) is 0 Å². The first-order chi connectivity index (χ1) is 12.4. The summed E-state index contributed by atoms with van der Waals surface area (Å²) >= 11 is 0. The number of anilines is 1. The smallest absolute Gasteiger partial charge is 0.238 e. The molecule has 1 atom stereocenters. The fourth-order valence-electron chi connectivity index (χ4n) is 3.70. The number of nitrogens with two attached hydrogens (primary N) is 1. The zero-order valence-electron chi connectivity index (χ0n) is 14.3. The Morgan fingerprint density at radius 3 is 2.85 bits per heavy atom. The summed E-state index contributed by atoms with van der Waals surface area (Å²) in [6.07, 6.45) is 4.66. The van der Waals surface area contributed by atoms with Crippen molar-refractivity contribution in [1.29, 1.82) is 5.26 Å². The molecule has 0 amide bonds. The second-order valence-corrected chi connectivity index (χ2v) is 8.21. The van der Waals surface area contributed by atoms with Gasteiger partial charge in [0.25, 0.3) is 0 Å². The predicted octanol–water partition coefficient (Wildman–Crippen LogP) is 2.41. The van der Waals surface area contributed by atoms with Crippen LogP contribution in [-0.2, 0) is 23.0 Å². The summed E-state index contributed by atoms with van der Waals surface area (Å²) in [5.74, 6) is 0. The maximum absolute atomic E-state index is 11.6. The number of nitrogens with zero attached hydrogens (tertiary/aromatic N) is 3. The van der Waals surface area contributed by atoms with Crippen LogP contribution in [0.4, 0.5) is 5.69 Å². The number of rotatable bonds is 3. The minimum absolute atomic E-state index is 0.137. The SMILES string of the molecule is C[C@H]1Cc2cc(S(N)(=O)=O)ccc2N1Cc1cn2ccccc2c1C#N. The second-order valence-electron chi connectivity index (χ2n) is 6.65. The lowest BCUT2D eigenvalue weighted by Crippen LogP contribution is -2.28. The molecule has 0 saturated heterocycles. The van der Waals surface area contributed by atoms with Crippen molar-refractivity contribution in [2.24, 2.45) is 5.14 Å². The van der Waals surface area contributed by atoms with Crippen LogP contribution in [0, 0.1) is 11.3 Å². The fraction of sp³-hybridized carbons (Fsp3) is 0.211. The summed E-state index contributed by atoms with van der Waals surface area (Å²) in [6, 6.07) is 13.3. The number of benzene rings is 1. The van der Waals surface area contributed by atoms with Crippen molar-refractivity contribution in [3.63, 3.8) is 0 Å². The van der Waals surface area contributed by atoms with Crippen molar-refractivity contribution < 1.29 is 8.42 Å². The first kappa shape index (κ1) is 16.6. The monoisotopic (exact) mass is 366 g/mol. The third-order valence-electron chi connectivity index (χ3n) is 4.95. The summed E-state index contributed by atoms with van der Waals surface area (Å²) < 4.78 is 25.1. The van der Waals surface area contributed by atoms with Crippen LogP contribution in [0.15, 0.2) is 53.7 Å². The van der Waals surface area contributed by atoms with Gasteiger partial charge in [0.1, 0.15) is 6.07 Å². The van der Waals surface area contributed by atoms with Gasteiger partial charge in [-0.05, 0) is 49.2 Å². The lowest BCUT2D eigenvalue weighted by molar-refractivity contribution is 0.597. The van der Waals surface area contributed by atoms with Crippen LogP contribution >= 0.6 is 0 Å². The van der Waals surface area contributed by atoms with Gasteiger partial charge in [-0.2, -0.15) is 5.26 Å². The van der Waals surface area contributed by atoms with Crippen molar-refractivity contribution in [1.82, 2.24) is 4.40 Å². The largest absolute Gasteiger partial charge is 0.364 e. The lowest BCUT2D eigenvalue weighted by atomic mass is 10.1. The molecular formula is C19H18N4O2S. The number of nitriles is 1. The maximum Gasteiger partial charge on any atom is 0.238 e. The van der Waals surface area contributed by atoms with E-state index in [1.807, 2.05) is 35.0 Å². The number of hydrogen-bond acceptors (Lipinski definition) is 4. The molecule has 7 heteroatoms. The topological polar surface area (TPSA) is 91.6 Å². The van der Waals surface area contributed by atoms with E-state index in [4.69, 9.17) is 5.14 Å². The van der Waals surface area contributed by atoms with Gasteiger partial charge in [-0.1, -0.05) is 6.07 Å². The summed E-state index contributed by atoms with van der Waals surface area (Å²) in [6.45, 7) is 2.69. The Bertz CT molecular complexity index is 1160. The molecule has 2 N–H and O–H groups in total. The Balaban J connectivity index is 1.74. The van der Waals surface area contributed by atoms with E-state index in [2.05, 4.69) is 17.9 Å². The van der Waals surface area contributed by atoms with Crippen molar-refractivity contribution in [2.45, 2.75) is 30.8 Å². The number of primary sulfonamides is 1. The third kappa shape index (κ3) is 2.64. The van der Waals surface area contributed by atoms with E-state index in [-0.39, 0.29) is 10.9 Å². The Hall–Kier alpha value is -2.82. The second kappa shape index (κ2) is 5.87. The van der Waals surface area contributed by atoms with E-state index >= 15 is 0 Å². The van der Waals surface area contributed by atoms with Gasteiger partial charge in [0.2, 0.25) is 10.0 Å². The van der Waals surface area contributed by atoms with Gasteiger partial charge in [0.15, 0.2) is 0 Å². The van der Waals surface area contributed by atoms with E-state index in [0.717, 1.165) is 28.8 Å². The standard InChI is InChI=1S/C19H18N4O2S/c1-13-8-14-9-16(26(21,24)25)5-6-18(14)23(13)12-15-11-22-7-3-2-4-19(22)17(15)10-20/h2-7,9,11,13H,8,12H2,1H3,(H2,21,24,25)/t13-/m0/s1. The Labute approximate surface area is 152 Å². The molecule has 6 nitrogen and oxygen atoms in total. The lowest BCUT2D eigenvalue weighted by Gasteiger charge is -2.24. The van der Waals surface area contributed by atoms with Gasteiger partial charge in [0.05, 0.1) is 16.0 Å². The number of fused-ring (bicyclic) bond motifs is 2. The molecule has 2 aromatic heterocycles. The van der Waals surface area contributed by atoms with E-state index < -0.39 is 10.0 Å². The minimum Gasteiger partial charge on any atom is -0.364 e. The Morgan fingerprint density at radius 2 is 2.12 bits per heavy atom. The van der Waals surface area contributed by atoms with Crippen LogP contribution in [-0.4, -0.2) is 18.9 Å². The van der Waals surface area contributed by atoms with E-state index in [1.54, 1.807) is 18.2 Å². The number of sulfonamides is 1. The predicted molar refractivity (Wildman–Crippen MR) is 99.3 cm³/mol. The molecule has 1 aromatic carbocycles. The van der Waals surface area contributed by atoms with Crippen LogP contribution in [0.3, 0.4) is 0 Å². The molecule has 1 aliphatic rings. The quantitative estimate of drug-likeness (QED) is 0.770. The Morgan fingerprint density at radius 1 is 1.31 bits per heavy atom. The highest BCUT2D eigenvalue weighted by atomic mass is 32.2. The van der Waals surface area contributed by atoms with Gasteiger partial charge >= 0.3 is 0 Å². The molecule has 1 aliphatic heterocycles. The van der Waals surface area contributed by atoms with Gasteiger partial charge in [-0.25, -0.2) is 13.6 Å². The fourth-order valence-corrected chi connectivity index (χ4v) is 4.26.